The number of anilines is 1. The number of nitrogens with zero attached hydrogens (tertiary/aromatic N) is 2. The van der Waals surface area contributed by atoms with Crippen LogP contribution in [0.1, 0.15) is 37.8 Å². The second-order valence-electron chi connectivity index (χ2n) is 10.0. The number of benzene rings is 3. The minimum atomic E-state index is -4.35. The molecule has 3 aromatic rings. The third kappa shape index (κ3) is 7.20. The molecule has 11 heteroatoms. The van der Waals surface area contributed by atoms with Gasteiger partial charge in [0.2, 0.25) is 11.8 Å². The first-order valence-corrected chi connectivity index (χ1v) is 15.4. The molecular weight excluding hydrogens is 561 g/mol. The van der Waals surface area contributed by atoms with Crippen LogP contribution in [0.5, 0.6) is 11.5 Å². The van der Waals surface area contributed by atoms with E-state index in [0.717, 1.165) is 34.0 Å². The number of fused-ring (bicyclic) bond motifs is 1. The molecular formula is C31H36FN3O6S. The van der Waals surface area contributed by atoms with Crippen LogP contribution in [-0.4, -0.2) is 57.5 Å². The summed E-state index contributed by atoms with van der Waals surface area (Å²) in [4.78, 5) is 28.6. The Hall–Kier alpha value is -4.12. The minimum absolute atomic E-state index is 0.0960. The second kappa shape index (κ2) is 13.7. The van der Waals surface area contributed by atoms with Crippen LogP contribution in [0, 0.1) is 12.7 Å². The Balaban J connectivity index is 1.74. The van der Waals surface area contributed by atoms with Gasteiger partial charge in [-0.25, -0.2) is 12.8 Å². The molecule has 0 saturated heterocycles. The van der Waals surface area contributed by atoms with Crippen LogP contribution < -0.4 is 19.1 Å². The molecule has 0 spiro atoms. The van der Waals surface area contributed by atoms with E-state index in [9.17, 15) is 22.4 Å². The normalized spacial score (nSPS) is 13.2. The number of hydrogen-bond donors (Lipinski definition) is 1. The van der Waals surface area contributed by atoms with Crippen molar-refractivity contribution in [2.75, 3.05) is 30.6 Å². The Kier molecular flexibility index (Phi) is 10.1. The highest BCUT2D eigenvalue weighted by molar-refractivity contribution is 7.92. The van der Waals surface area contributed by atoms with Crippen molar-refractivity contribution in [2.45, 2.75) is 51.1 Å². The monoisotopic (exact) mass is 597 g/mol. The van der Waals surface area contributed by atoms with Gasteiger partial charge in [0.15, 0.2) is 11.5 Å². The standard InChI is InChI=1S/C31H36FN3O6S/c1-4-15-33-31(37)27(5-2)34(20-23-8-6-7-22(3)18-23)30(36)21-35(25-11-9-24(32)10-12-25)42(38,39)26-13-14-28-29(19-26)41-17-16-40-28/h6-14,18-19,27H,4-5,15-17,20-21H2,1-3H3,(H,33,37)/t27-/m1/s1. The molecule has 42 heavy (non-hydrogen) atoms. The number of sulfonamides is 1. The summed E-state index contributed by atoms with van der Waals surface area (Å²) in [7, 11) is -4.35. The van der Waals surface area contributed by atoms with Crippen LogP contribution in [-0.2, 0) is 26.2 Å². The van der Waals surface area contributed by atoms with Gasteiger partial charge in [-0.2, -0.15) is 0 Å². The molecule has 1 atom stereocenters. The van der Waals surface area contributed by atoms with Gasteiger partial charge < -0.3 is 19.7 Å². The van der Waals surface area contributed by atoms with E-state index < -0.39 is 34.3 Å². The van der Waals surface area contributed by atoms with E-state index >= 15 is 0 Å². The Morgan fingerprint density at radius 2 is 1.69 bits per heavy atom. The van der Waals surface area contributed by atoms with Crippen LogP contribution in [0.4, 0.5) is 10.1 Å². The molecule has 0 bridgehead atoms. The minimum Gasteiger partial charge on any atom is -0.486 e. The van der Waals surface area contributed by atoms with Crippen molar-refractivity contribution in [2.24, 2.45) is 0 Å². The fraction of sp³-hybridized carbons (Fsp3) is 0.355. The molecule has 0 aromatic heterocycles. The summed E-state index contributed by atoms with van der Waals surface area (Å²) in [5, 5.41) is 2.86. The Morgan fingerprint density at radius 3 is 2.36 bits per heavy atom. The smallest absolute Gasteiger partial charge is 0.264 e. The van der Waals surface area contributed by atoms with Gasteiger partial charge in [-0.3, -0.25) is 13.9 Å². The summed E-state index contributed by atoms with van der Waals surface area (Å²) in [6, 6.07) is 15.8. The molecule has 0 saturated carbocycles. The number of aryl methyl sites for hydroxylation is 1. The Labute approximate surface area is 246 Å². The molecule has 9 nitrogen and oxygen atoms in total. The Bertz CT molecular complexity index is 1510. The van der Waals surface area contributed by atoms with E-state index in [2.05, 4.69) is 5.32 Å². The van der Waals surface area contributed by atoms with Crippen molar-refractivity contribution in [3.63, 3.8) is 0 Å². The van der Waals surface area contributed by atoms with Crippen LogP contribution in [0.25, 0.3) is 0 Å². The fourth-order valence-electron chi connectivity index (χ4n) is 4.74. The zero-order valence-electron chi connectivity index (χ0n) is 24.0. The van der Waals surface area contributed by atoms with Gasteiger partial charge in [0.25, 0.3) is 10.0 Å². The summed E-state index contributed by atoms with van der Waals surface area (Å²) in [6.45, 7) is 6.20. The topological polar surface area (TPSA) is 105 Å². The second-order valence-corrected chi connectivity index (χ2v) is 11.9. The Morgan fingerprint density at radius 1 is 0.976 bits per heavy atom. The molecule has 224 valence electrons. The van der Waals surface area contributed by atoms with Crippen LogP contribution in [0.3, 0.4) is 0 Å². The average molecular weight is 598 g/mol. The van der Waals surface area contributed by atoms with Crippen molar-refractivity contribution in [1.82, 2.24) is 10.2 Å². The zero-order valence-corrected chi connectivity index (χ0v) is 24.8. The first kappa shape index (κ1) is 30.8. The summed E-state index contributed by atoms with van der Waals surface area (Å²) in [5.74, 6) is -0.768. The number of rotatable bonds is 12. The predicted molar refractivity (Wildman–Crippen MR) is 157 cm³/mol. The lowest BCUT2D eigenvalue weighted by Crippen LogP contribution is -2.52. The number of hydrogen-bond acceptors (Lipinski definition) is 6. The third-order valence-corrected chi connectivity index (χ3v) is 8.64. The lowest BCUT2D eigenvalue weighted by Gasteiger charge is -2.33. The predicted octanol–water partition coefficient (Wildman–Crippen LogP) is 4.43. The summed E-state index contributed by atoms with van der Waals surface area (Å²) >= 11 is 0. The first-order valence-electron chi connectivity index (χ1n) is 13.9. The molecule has 2 amide bonds. The molecule has 1 aliphatic heterocycles. The van der Waals surface area contributed by atoms with E-state index in [4.69, 9.17) is 9.47 Å². The highest BCUT2D eigenvalue weighted by Crippen LogP contribution is 2.34. The third-order valence-electron chi connectivity index (χ3n) is 6.87. The zero-order chi connectivity index (χ0) is 30.3. The number of amides is 2. The number of carbonyl (C=O) groups is 2. The number of nitrogens with one attached hydrogen (secondary N) is 1. The van der Waals surface area contributed by atoms with Gasteiger partial charge in [0.1, 0.15) is 31.6 Å². The lowest BCUT2D eigenvalue weighted by molar-refractivity contribution is -0.140. The number of halogens is 1. The molecule has 3 aromatic carbocycles. The van der Waals surface area contributed by atoms with E-state index in [0.29, 0.717) is 25.3 Å². The molecule has 0 radical (unpaired) electrons. The van der Waals surface area contributed by atoms with Gasteiger partial charge in [-0.05, 0) is 61.7 Å². The van der Waals surface area contributed by atoms with Crippen LogP contribution >= 0.6 is 0 Å². The highest BCUT2D eigenvalue weighted by Gasteiger charge is 2.34. The lowest BCUT2D eigenvalue weighted by atomic mass is 10.1. The maximum Gasteiger partial charge on any atom is 0.264 e. The van der Waals surface area contributed by atoms with Crippen LogP contribution in [0.15, 0.2) is 71.6 Å². The molecule has 1 aliphatic rings. The maximum absolute atomic E-state index is 14.1. The molecule has 0 unspecified atom stereocenters. The van der Waals surface area contributed by atoms with Gasteiger partial charge in [0, 0.05) is 19.2 Å². The molecule has 0 fully saturated rings. The fourth-order valence-corrected chi connectivity index (χ4v) is 6.17. The summed E-state index contributed by atoms with van der Waals surface area (Å²) in [5.41, 5.74) is 1.88. The number of ether oxygens (including phenoxy) is 2. The molecule has 1 heterocycles. The van der Waals surface area contributed by atoms with Gasteiger partial charge in [-0.15, -0.1) is 0 Å². The SMILES string of the molecule is CCCNC(=O)[C@@H](CC)N(Cc1cccc(C)c1)C(=O)CN(c1ccc(F)cc1)S(=O)(=O)c1ccc2c(c1)OCCO2. The summed E-state index contributed by atoms with van der Waals surface area (Å²) in [6.07, 6.45) is 1.04. The maximum atomic E-state index is 14.1. The average Bonchev–Trinajstić information content (AvgIpc) is 2.98. The van der Waals surface area contributed by atoms with Crippen molar-refractivity contribution in [1.29, 1.82) is 0 Å². The van der Waals surface area contributed by atoms with Gasteiger partial charge >= 0.3 is 0 Å². The van der Waals surface area contributed by atoms with Gasteiger partial charge in [0.05, 0.1) is 10.6 Å². The molecule has 0 aliphatic carbocycles. The first-order chi connectivity index (χ1) is 20.1. The highest BCUT2D eigenvalue weighted by atomic mass is 32.2. The van der Waals surface area contributed by atoms with E-state index in [-0.39, 0.29) is 35.4 Å². The van der Waals surface area contributed by atoms with Gasteiger partial charge in [-0.1, -0.05) is 43.7 Å². The summed E-state index contributed by atoms with van der Waals surface area (Å²) < 4.78 is 54.0. The van der Waals surface area contributed by atoms with Crippen molar-refractivity contribution in [3.8, 4) is 11.5 Å². The van der Waals surface area contributed by atoms with E-state index in [1.165, 1.54) is 35.2 Å². The van der Waals surface area contributed by atoms with Crippen molar-refractivity contribution in [3.05, 3.63) is 83.7 Å². The van der Waals surface area contributed by atoms with E-state index in [1.54, 1.807) is 6.92 Å². The molecule has 4 rings (SSSR count). The van der Waals surface area contributed by atoms with Crippen LogP contribution in [0.2, 0.25) is 0 Å². The quantitative estimate of drug-likeness (QED) is 0.331. The largest absolute Gasteiger partial charge is 0.486 e. The van der Waals surface area contributed by atoms with E-state index in [1.807, 2.05) is 38.1 Å². The van der Waals surface area contributed by atoms with Crippen molar-refractivity contribution < 1.29 is 31.9 Å². The molecule has 1 N–H and O–H groups in total. The van der Waals surface area contributed by atoms with Crippen molar-refractivity contribution >= 4 is 27.5 Å². The number of carbonyl (C=O) groups excluding carboxylic acids is 2.